The zero-order valence-corrected chi connectivity index (χ0v) is 31.9. The van der Waals surface area contributed by atoms with Crippen LogP contribution in [-0.2, 0) is 4.74 Å². The number of allylic oxidation sites excluding steroid dienone is 4. The third-order valence-corrected chi connectivity index (χ3v) is 11.0. The summed E-state index contributed by atoms with van der Waals surface area (Å²) in [6.45, 7) is 8.98. The largest absolute Gasteiger partial charge is 0.381 e. The third kappa shape index (κ3) is 28.5. The summed E-state index contributed by atoms with van der Waals surface area (Å²) < 4.78 is 6.24. The summed E-state index contributed by atoms with van der Waals surface area (Å²) >= 11 is 2.19. The average molecular weight is 648 g/mol. The van der Waals surface area contributed by atoms with Crippen LogP contribution in [-0.4, -0.2) is 49.8 Å². The van der Waals surface area contributed by atoms with Crippen LogP contribution in [0, 0.1) is 5.41 Å². The summed E-state index contributed by atoms with van der Waals surface area (Å²) in [5, 5.41) is 0. The molecule has 1 aliphatic rings. The van der Waals surface area contributed by atoms with E-state index in [-0.39, 0.29) is 0 Å². The molecule has 1 heterocycles. The van der Waals surface area contributed by atoms with Gasteiger partial charge in [-0.25, -0.2) is 0 Å². The van der Waals surface area contributed by atoms with E-state index < -0.39 is 0 Å². The molecular formula is C42H81NOS. The average Bonchev–Trinajstić information content (AvgIpc) is 3.02. The summed E-state index contributed by atoms with van der Waals surface area (Å²) in [5.41, 5.74) is 0.421. The van der Waals surface area contributed by atoms with Crippen molar-refractivity contribution in [1.82, 2.24) is 4.90 Å². The van der Waals surface area contributed by atoms with Gasteiger partial charge in [-0.15, -0.1) is 0 Å². The van der Waals surface area contributed by atoms with E-state index in [0.717, 1.165) is 13.2 Å². The van der Waals surface area contributed by atoms with Crippen LogP contribution in [0.2, 0.25) is 0 Å². The lowest BCUT2D eigenvalue weighted by atomic mass is 9.83. The maximum absolute atomic E-state index is 6.24. The van der Waals surface area contributed by atoms with Crippen molar-refractivity contribution in [3.63, 3.8) is 0 Å². The molecule has 45 heavy (non-hydrogen) atoms. The zero-order chi connectivity index (χ0) is 32.4. The topological polar surface area (TPSA) is 12.5 Å². The molecule has 2 nitrogen and oxygen atoms in total. The monoisotopic (exact) mass is 648 g/mol. The second-order valence-corrected chi connectivity index (χ2v) is 15.8. The molecule has 0 aromatic carbocycles. The van der Waals surface area contributed by atoms with Crippen molar-refractivity contribution in [1.29, 1.82) is 0 Å². The van der Waals surface area contributed by atoms with Crippen molar-refractivity contribution < 1.29 is 4.74 Å². The summed E-state index contributed by atoms with van der Waals surface area (Å²) in [5.74, 6) is 2.62. The Hall–Kier alpha value is -0.250. The fourth-order valence-corrected chi connectivity index (χ4v) is 8.06. The minimum atomic E-state index is 0.421. The van der Waals surface area contributed by atoms with E-state index in [1.807, 2.05) is 0 Å². The van der Waals surface area contributed by atoms with Crippen LogP contribution in [0.1, 0.15) is 194 Å². The predicted molar refractivity (Wildman–Crippen MR) is 207 cm³/mol. The number of rotatable bonds is 36. The van der Waals surface area contributed by atoms with Crippen LogP contribution < -0.4 is 0 Å². The number of hydrogen-bond donors (Lipinski definition) is 0. The van der Waals surface area contributed by atoms with Crippen LogP contribution in [0.4, 0.5) is 0 Å². The van der Waals surface area contributed by atoms with Gasteiger partial charge in [0.2, 0.25) is 0 Å². The SMILES string of the molecule is CCCCCCCC/C=C\CCCCCCCCOCC1(CSCCCCCCCC/C=C\CCCCCCCC)CN(C)C1. The maximum Gasteiger partial charge on any atom is 0.0554 e. The Kier molecular flexibility index (Phi) is 32.0. The number of hydrogen-bond acceptors (Lipinski definition) is 3. The zero-order valence-electron chi connectivity index (χ0n) is 31.1. The summed E-state index contributed by atoms with van der Waals surface area (Å²) in [4.78, 5) is 2.47. The molecule has 3 heteroatoms. The molecule has 1 aliphatic heterocycles. The van der Waals surface area contributed by atoms with E-state index in [0.29, 0.717) is 5.41 Å². The lowest BCUT2D eigenvalue weighted by Gasteiger charge is -2.48. The molecule has 0 aromatic rings. The van der Waals surface area contributed by atoms with Crippen molar-refractivity contribution in [2.45, 2.75) is 194 Å². The van der Waals surface area contributed by atoms with Gasteiger partial charge in [0.1, 0.15) is 0 Å². The normalized spacial score (nSPS) is 15.1. The first kappa shape index (κ1) is 42.8. The predicted octanol–water partition coefficient (Wildman–Crippen LogP) is 13.7. The van der Waals surface area contributed by atoms with Crippen molar-refractivity contribution in [3.8, 4) is 0 Å². The molecule has 0 atom stereocenters. The number of unbranched alkanes of at least 4 members (excludes halogenated alkanes) is 24. The van der Waals surface area contributed by atoms with E-state index in [2.05, 4.69) is 61.9 Å². The molecule has 0 radical (unpaired) electrons. The Morgan fingerprint density at radius 2 is 0.889 bits per heavy atom. The molecule has 1 saturated heterocycles. The molecule has 1 fully saturated rings. The van der Waals surface area contributed by atoms with Crippen molar-refractivity contribution in [2.24, 2.45) is 5.41 Å². The molecule has 1 rings (SSSR count). The first-order chi connectivity index (χ1) is 22.2. The molecule has 0 aliphatic carbocycles. The van der Waals surface area contributed by atoms with Gasteiger partial charge in [0.25, 0.3) is 0 Å². The first-order valence-electron chi connectivity index (χ1n) is 20.4. The van der Waals surface area contributed by atoms with Gasteiger partial charge < -0.3 is 9.64 Å². The fourth-order valence-electron chi connectivity index (χ4n) is 6.80. The van der Waals surface area contributed by atoms with Gasteiger partial charge in [-0.1, -0.05) is 154 Å². The molecule has 0 spiro atoms. The Morgan fingerprint density at radius 1 is 0.511 bits per heavy atom. The number of nitrogens with zero attached hydrogens (tertiary/aromatic N) is 1. The van der Waals surface area contributed by atoms with Gasteiger partial charge in [0.05, 0.1) is 6.61 Å². The Balaban J connectivity index is 1.86. The highest BCUT2D eigenvalue weighted by atomic mass is 32.2. The minimum Gasteiger partial charge on any atom is -0.381 e. The molecule has 0 saturated carbocycles. The van der Waals surface area contributed by atoms with Gasteiger partial charge >= 0.3 is 0 Å². The van der Waals surface area contributed by atoms with Gasteiger partial charge in [-0.05, 0) is 77.0 Å². The number of ether oxygens (including phenoxy) is 1. The van der Waals surface area contributed by atoms with Crippen molar-refractivity contribution in [3.05, 3.63) is 24.3 Å². The Morgan fingerprint density at radius 3 is 1.31 bits per heavy atom. The summed E-state index contributed by atoms with van der Waals surface area (Å²) in [6, 6.07) is 0. The van der Waals surface area contributed by atoms with Crippen LogP contribution in [0.15, 0.2) is 24.3 Å². The van der Waals surface area contributed by atoms with Crippen LogP contribution in [0.25, 0.3) is 0 Å². The van der Waals surface area contributed by atoms with Crippen molar-refractivity contribution in [2.75, 3.05) is 44.9 Å². The molecule has 0 aromatic heterocycles. The number of likely N-dealkylation sites (tertiary alicyclic amines) is 1. The third-order valence-electron chi connectivity index (χ3n) is 9.63. The second kappa shape index (κ2) is 33.6. The second-order valence-electron chi connectivity index (χ2n) is 14.7. The van der Waals surface area contributed by atoms with Crippen LogP contribution in [0.5, 0.6) is 0 Å². The highest BCUT2D eigenvalue weighted by molar-refractivity contribution is 7.99. The van der Waals surface area contributed by atoms with Crippen molar-refractivity contribution >= 4 is 11.8 Å². The lowest BCUT2D eigenvalue weighted by Crippen LogP contribution is -2.58. The highest BCUT2D eigenvalue weighted by Gasteiger charge is 2.41. The fraction of sp³-hybridized carbons (Fsp3) is 0.905. The summed E-state index contributed by atoms with van der Waals surface area (Å²) in [6.07, 6.45) is 48.4. The lowest BCUT2D eigenvalue weighted by molar-refractivity contribution is -0.0387. The number of thioether (sulfide) groups is 1. The van der Waals surface area contributed by atoms with Gasteiger partial charge in [-0.3, -0.25) is 0 Å². The van der Waals surface area contributed by atoms with E-state index in [4.69, 9.17) is 4.74 Å². The van der Waals surface area contributed by atoms with E-state index >= 15 is 0 Å². The molecule has 0 bridgehead atoms. The van der Waals surface area contributed by atoms with Crippen LogP contribution in [0.3, 0.4) is 0 Å². The van der Waals surface area contributed by atoms with E-state index in [9.17, 15) is 0 Å². The Labute approximate surface area is 288 Å². The molecule has 266 valence electrons. The first-order valence-corrected chi connectivity index (χ1v) is 21.5. The van der Waals surface area contributed by atoms with Gasteiger partial charge in [-0.2, -0.15) is 11.8 Å². The maximum atomic E-state index is 6.24. The quantitative estimate of drug-likeness (QED) is 0.0496. The van der Waals surface area contributed by atoms with E-state index in [1.165, 1.54) is 204 Å². The minimum absolute atomic E-state index is 0.421. The molecule has 0 N–H and O–H groups in total. The van der Waals surface area contributed by atoms with E-state index in [1.54, 1.807) is 0 Å². The van der Waals surface area contributed by atoms with Crippen LogP contribution >= 0.6 is 11.8 Å². The van der Waals surface area contributed by atoms with Gasteiger partial charge in [0.15, 0.2) is 0 Å². The molecule has 0 unspecified atom stereocenters. The molecule has 0 amide bonds. The van der Waals surface area contributed by atoms with Gasteiger partial charge in [0, 0.05) is 30.9 Å². The molecular weight excluding hydrogens is 567 g/mol. The highest BCUT2D eigenvalue weighted by Crippen LogP contribution is 2.34. The summed E-state index contributed by atoms with van der Waals surface area (Å²) in [7, 11) is 2.26. The smallest absolute Gasteiger partial charge is 0.0554 e. The Bertz CT molecular complexity index is 593. The standard InChI is InChI=1S/C42H81NOS/c1-4-6-8-10-12-14-16-18-20-22-24-26-28-30-32-34-36-44-40-42(38-43(3)39-42)41-45-37-35-33-31-29-27-25-23-21-19-17-15-13-11-9-7-5-2/h18-21H,4-17,22-41H2,1-3H3/b20-18-,21-19-.